The van der Waals surface area contributed by atoms with E-state index in [9.17, 15) is 13.2 Å². The van der Waals surface area contributed by atoms with Gasteiger partial charge in [0.1, 0.15) is 0 Å². The number of carbonyl (C=O) groups is 1. The van der Waals surface area contributed by atoms with Crippen molar-refractivity contribution in [3.63, 3.8) is 0 Å². The molecule has 1 aliphatic heterocycles. The molecule has 3 rings (SSSR count). The van der Waals surface area contributed by atoms with E-state index in [4.69, 9.17) is 5.73 Å². The van der Waals surface area contributed by atoms with Crippen LogP contribution in [-0.4, -0.2) is 44.8 Å². The summed E-state index contributed by atoms with van der Waals surface area (Å²) in [4.78, 5) is 13.9. The van der Waals surface area contributed by atoms with Crippen molar-refractivity contribution in [2.24, 2.45) is 5.73 Å². The largest absolute Gasteiger partial charge is 0.369 e. The number of piperazine rings is 1. The maximum absolute atomic E-state index is 13.0. The number of sulfonamides is 1. The minimum absolute atomic E-state index is 0.113. The van der Waals surface area contributed by atoms with Gasteiger partial charge in [0, 0.05) is 37.4 Å². The van der Waals surface area contributed by atoms with Crippen molar-refractivity contribution in [3.8, 4) is 0 Å². The second-order valence-corrected chi connectivity index (χ2v) is 8.89. The van der Waals surface area contributed by atoms with Crippen LogP contribution in [0, 0.1) is 20.8 Å². The molecule has 27 heavy (non-hydrogen) atoms. The Labute approximate surface area is 160 Å². The van der Waals surface area contributed by atoms with Crippen molar-refractivity contribution in [3.05, 3.63) is 58.7 Å². The fraction of sp³-hybridized carbons (Fsp3) is 0.350. The van der Waals surface area contributed by atoms with Gasteiger partial charge in [0.2, 0.25) is 15.9 Å². The number of amides is 1. The van der Waals surface area contributed by atoms with E-state index in [0.29, 0.717) is 31.7 Å². The number of aryl methyl sites for hydroxylation is 2. The van der Waals surface area contributed by atoms with Gasteiger partial charge in [0.05, 0.1) is 4.90 Å². The highest BCUT2D eigenvalue weighted by molar-refractivity contribution is 7.89. The zero-order valence-electron chi connectivity index (χ0n) is 15.9. The van der Waals surface area contributed by atoms with E-state index in [1.54, 1.807) is 13.0 Å². The molecule has 0 atom stereocenters. The third-order valence-corrected chi connectivity index (χ3v) is 7.16. The molecule has 7 heteroatoms. The monoisotopic (exact) mass is 387 g/mol. The molecule has 0 radical (unpaired) electrons. The van der Waals surface area contributed by atoms with Gasteiger partial charge in [-0.25, -0.2) is 8.42 Å². The molecule has 144 valence electrons. The molecular formula is C20H25N3O3S. The fourth-order valence-corrected chi connectivity index (χ4v) is 4.87. The molecule has 2 N–H and O–H groups in total. The van der Waals surface area contributed by atoms with Gasteiger partial charge < -0.3 is 10.6 Å². The molecule has 6 nitrogen and oxygen atoms in total. The Hall–Kier alpha value is -2.38. The molecule has 1 aliphatic rings. The summed E-state index contributed by atoms with van der Waals surface area (Å²) in [7, 11) is -3.66. The summed E-state index contributed by atoms with van der Waals surface area (Å²) in [6.07, 6.45) is 0. The molecule has 1 saturated heterocycles. The summed E-state index contributed by atoms with van der Waals surface area (Å²) in [6.45, 7) is 7.94. The van der Waals surface area contributed by atoms with Crippen LogP contribution >= 0.6 is 0 Å². The van der Waals surface area contributed by atoms with Crippen LogP contribution in [0.5, 0.6) is 0 Å². The van der Waals surface area contributed by atoms with Crippen LogP contribution in [0.4, 0.5) is 5.69 Å². The summed E-state index contributed by atoms with van der Waals surface area (Å²) in [6, 6.07) is 10.7. The molecule has 1 heterocycles. The standard InChI is InChI=1S/C20H25N3O3S/c1-14-5-4-6-19(16(14)3)22-9-11-23(12-10-22)27(25,26)17-8-7-15(2)18(13-17)20(21)24/h4-8,13H,9-12H2,1-3H3,(H2,21,24). The lowest BCUT2D eigenvalue weighted by Crippen LogP contribution is -2.48. The highest BCUT2D eigenvalue weighted by Crippen LogP contribution is 2.26. The average Bonchev–Trinajstić information content (AvgIpc) is 2.64. The second-order valence-electron chi connectivity index (χ2n) is 6.95. The number of anilines is 1. The Morgan fingerprint density at radius 3 is 2.26 bits per heavy atom. The van der Waals surface area contributed by atoms with E-state index < -0.39 is 15.9 Å². The predicted molar refractivity (Wildman–Crippen MR) is 107 cm³/mol. The van der Waals surface area contributed by atoms with E-state index in [0.717, 1.165) is 5.69 Å². The molecule has 1 fully saturated rings. The predicted octanol–water partition coefficient (Wildman–Crippen LogP) is 2.22. The highest BCUT2D eigenvalue weighted by Gasteiger charge is 2.29. The summed E-state index contributed by atoms with van der Waals surface area (Å²) in [5.74, 6) is -0.621. The van der Waals surface area contributed by atoms with Gasteiger partial charge in [0.15, 0.2) is 0 Å². The first-order valence-electron chi connectivity index (χ1n) is 8.93. The number of rotatable bonds is 4. The van der Waals surface area contributed by atoms with Crippen LogP contribution in [0.15, 0.2) is 41.3 Å². The molecule has 2 aromatic carbocycles. The Morgan fingerprint density at radius 1 is 0.963 bits per heavy atom. The lowest BCUT2D eigenvalue weighted by Gasteiger charge is -2.36. The Bertz CT molecular complexity index is 978. The van der Waals surface area contributed by atoms with E-state index in [1.165, 1.54) is 27.6 Å². The Balaban J connectivity index is 1.80. The summed E-state index contributed by atoms with van der Waals surface area (Å²) < 4.78 is 27.5. The lowest BCUT2D eigenvalue weighted by molar-refractivity contribution is 0.0999. The van der Waals surface area contributed by atoms with Crippen molar-refractivity contribution in [2.75, 3.05) is 31.1 Å². The molecule has 0 aliphatic carbocycles. The maximum Gasteiger partial charge on any atom is 0.249 e. The second kappa shape index (κ2) is 7.32. The topological polar surface area (TPSA) is 83.7 Å². The van der Waals surface area contributed by atoms with Crippen LogP contribution in [0.3, 0.4) is 0 Å². The molecule has 0 spiro atoms. The number of benzene rings is 2. The normalized spacial score (nSPS) is 15.7. The minimum Gasteiger partial charge on any atom is -0.369 e. The zero-order valence-corrected chi connectivity index (χ0v) is 16.7. The molecule has 0 saturated carbocycles. The average molecular weight is 388 g/mol. The third kappa shape index (κ3) is 3.70. The van der Waals surface area contributed by atoms with Crippen LogP contribution in [-0.2, 0) is 10.0 Å². The zero-order chi connectivity index (χ0) is 19.8. The molecule has 0 unspecified atom stereocenters. The molecule has 2 aromatic rings. The van der Waals surface area contributed by atoms with Gasteiger partial charge in [-0.05, 0) is 55.7 Å². The number of hydrogen-bond donors (Lipinski definition) is 1. The first-order valence-corrected chi connectivity index (χ1v) is 10.4. The summed E-state index contributed by atoms with van der Waals surface area (Å²) in [5.41, 5.74) is 9.86. The number of carbonyl (C=O) groups excluding carboxylic acids is 1. The number of primary amides is 1. The van der Waals surface area contributed by atoms with Gasteiger partial charge in [-0.15, -0.1) is 0 Å². The first-order chi connectivity index (χ1) is 12.7. The van der Waals surface area contributed by atoms with E-state index >= 15 is 0 Å². The van der Waals surface area contributed by atoms with Crippen LogP contribution in [0.2, 0.25) is 0 Å². The summed E-state index contributed by atoms with van der Waals surface area (Å²) >= 11 is 0. The Morgan fingerprint density at radius 2 is 1.63 bits per heavy atom. The number of nitrogens with two attached hydrogens (primary N) is 1. The molecule has 0 bridgehead atoms. The van der Waals surface area contributed by atoms with Gasteiger partial charge in [-0.1, -0.05) is 18.2 Å². The first kappa shape index (κ1) is 19.4. The SMILES string of the molecule is Cc1ccc(S(=O)(=O)N2CCN(c3cccc(C)c3C)CC2)cc1C(N)=O. The van der Waals surface area contributed by atoms with Crippen molar-refractivity contribution in [1.29, 1.82) is 0 Å². The van der Waals surface area contributed by atoms with E-state index in [2.05, 4.69) is 30.9 Å². The summed E-state index contributed by atoms with van der Waals surface area (Å²) in [5, 5.41) is 0. The van der Waals surface area contributed by atoms with Crippen molar-refractivity contribution in [1.82, 2.24) is 4.31 Å². The lowest BCUT2D eigenvalue weighted by atomic mass is 10.1. The molecular weight excluding hydrogens is 362 g/mol. The van der Waals surface area contributed by atoms with Crippen LogP contribution in [0.1, 0.15) is 27.0 Å². The molecule has 0 aromatic heterocycles. The van der Waals surface area contributed by atoms with Crippen LogP contribution < -0.4 is 10.6 Å². The smallest absolute Gasteiger partial charge is 0.249 e. The number of hydrogen-bond acceptors (Lipinski definition) is 4. The van der Waals surface area contributed by atoms with Crippen molar-refractivity contribution in [2.45, 2.75) is 25.7 Å². The van der Waals surface area contributed by atoms with E-state index in [-0.39, 0.29) is 10.5 Å². The van der Waals surface area contributed by atoms with Gasteiger partial charge >= 0.3 is 0 Å². The van der Waals surface area contributed by atoms with Gasteiger partial charge in [0.25, 0.3) is 0 Å². The molecule has 1 amide bonds. The van der Waals surface area contributed by atoms with Gasteiger partial charge in [-0.2, -0.15) is 4.31 Å². The third-order valence-electron chi connectivity index (χ3n) is 5.27. The maximum atomic E-state index is 13.0. The van der Waals surface area contributed by atoms with Crippen molar-refractivity contribution < 1.29 is 13.2 Å². The van der Waals surface area contributed by atoms with Gasteiger partial charge in [-0.3, -0.25) is 4.79 Å². The fourth-order valence-electron chi connectivity index (χ4n) is 3.42. The minimum atomic E-state index is -3.66. The van der Waals surface area contributed by atoms with Crippen molar-refractivity contribution >= 4 is 21.6 Å². The number of nitrogens with zero attached hydrogens (tertiary/aromatic N) is 2. The van der Waals surface area contributed by atoms with E-state index in [1.807, 2.05) is 6.07 Å². The van der Waals surface area contributed by atoms with Crippen LogP contribution in [0.25, 0.3) is 0 Å². The Kier molecular flexibility index (Phi) is 5.26. The highest BCUT2D eigenvalue weighted by atomic mass is 32.2. The quantitative estimate of drug-likeness (QED) is 0.872.